The van der Waals surface area contributed by atoms with Gasteiger partial charge in [0.05, 0.1) is 5.52 Å². The number of imidazole rings is 1. The number of piperazine rings is 1. The molecule has 0 spiro atoms. The van der Waals surface area contributed by atoms with E-state index in [0.717, 1.165) is 73.2 Å². The van der Waals surface area contributed by atoms with Crippen molar-refractivity contribution in [3.63, 3.8) is 0 Å². The summed E-state index contributed by atoms with van der Waals surface area (Å²) in [7, 11) is 0. The average molecular weight is 451 g/mol. The molecule has 3 aromatic rings. The molecule has 1 aromatic carbocycles. The summed E-state index contributed by atoms with van der Waals surface area (Å²) in [6, 6.07) is 7.19. The number of pyridine rings is 1. The molecule has 3 N–H and O–H groups in total. The third kappa shape index (κ3) is 4.96. The molecule has 0 radical (unpaired) electrons. The van der Waals surface area contributed by atoms with Crippen molar-refractivity contribution in [2.75, 3.05) is 36.8 Å². The van der Waals surface area contributed by atoms with Crippen LogP contribution in [-0.4, -0.2) is 52.1 Å². The Kier molecular flexibility index (Phi) is 6.85. The fourth-order valence-corrected chi connectivity index (χ4v) is 5.01. The summed E-state index contributed by atoms with van der Waals surface area (Å²) in [6.07, 6.45) is 4.45. The maximum atomic E-state index is 6.31. The first-order valence-electron chi connectivity index (χ1n) is 12.8. The largest absolute Gasteiger partial charge is 0.382 e. The highest BCUT2D eigenvalue weighted by molar-refractivity contribution is 6.06. The Labute approximate surface area is 199 Å². The van der Waals surface area contributed by atoms with Gasteiger partial charge in [-0.1, -0.05) is 41.0 Å². The highest BCUT2D eigenvalue weighted by Crippen LogP contribution is 2.34. The maximum absolute atomic E-state index is 6.31. The highest BCUT2D eigenvalue weighted by atomic mass is 15.3. The molecule has 6 nitrogen and oxygen atoms in total. The van der Waals surface area contributed by atoms with Gasteiger partial charge in [-0.2, -0.15) is 0 Å². The quantitative estimate of drug-likeness (QED) is 0.466. The van der Waals surface area contributed by atoms with Crippen LogP contribution in [0.5, 0.6) is 0 Å². The smallest absolute Gasteiger partial charge is 0.150 e. The molecule has 1 atom stereocenters. The van der Waals surface area contributed by atoms with Crippen LogP contribution in [0.3, 0.4) is 0 Å². The van der Waals surface area contributed by atoms with Crippen molar-refractivity contribution in [3.05, 3.63) is 24.0 Å². The van der Waals surface area contributed by atoms with E-state index in [1.54, 1.807) is 0 Å². The Hall–Kier alpha value is -2.34. The predicted molar refractivity (Wildman–Crippen MR) is 141 cm³/mol. The van der Waals surface area contributed by atoms with Gasteiger partial charge in [-0.25, -0.2) is 9.97 Å². The number of unbranched alkanes of at least 4 members (excludes halogenated alkanes) is 1. The average Bonchev–Trinajstić information content (AvgIpc) is 3.22. The second kappa shape index (κ2) is 9.49. The van der Waals surface area contributed by atoms with Crippen molar-refractivity contribution < 1.29 is 0 Å². The van der Waals surface area contributed by atoms with Gasteiger partial charge in [0.2, 0.25) is 0 Å². The molecule has 0 amide bonds. The zero-order valence-electron chi connectivity index (χ0n) is 21.4. The van der Waals surface area contributed by atoms with Crippen LogP contribution < -0.4 is 10.6 Å². The van der Waals surface area contributed by atoms with Crippen molar-refractivity contribution >= 4 is 33.4 Å². The van der Waals surface area contributed by atoms with Crippen LogP contribution in [0.2, 0.25) is 0 Å². The predicted octanol–water partition coefficient (Wildman–Crippen LogP) is 5.62. The van der Waals surface area contributed by atoms with Crippen LogP contribution in [0.15, 0.2) is 18.2 Å². The van der Waals surface area contributed by atoms with Gasteiger partial charge in [-0.15, -0.1) is 0 Å². The lowest BCUT2D eigenvalue weighted by molar-refractivity contribution is 0.119. The first-order chi connectivity index (χ1) is 15.7. The lowest BCUT2D eigenvalue weighted by atomic mass is 9.76. The van der Waals surface area contributed by atoms with Gasteiger partial charge >= 0.3 is 0 Å². The van der Waals surface area contributed by atoms with E-state index in [-0.39, 0.29) is 0 Å². The highest BCUT2D eigenvalue weighted by Gasteiger charge is 2.29. The lowest BCUT2D eigenvalue weighted by Gasteiger charge is -2.42. The standard InChI is InChI=1S/C27H42N6/c1-7-8-9-23-30-24-21-11-10-20(16-22(21)29-26(28)25(24)31-23)33-14-12-32(13-15-33)19(4)17-27(5,6)18(2)3/h10-11,16,18-19H,7-9,12-15,17H2,1-6H3,(H2,28,29)(H,30,31). The summed E-state index contributed by atoms with van der Waals surface area (Å²) < 4.78 is 0. The number of aromatic nitrogens is 3. The molecule has 0 aliphatic carbocycles. The first-order valence-corrected chi connectivity index (χ1v) is 12.8. The number of hydrogen-bond acceptors (Lipinski definition) is 5. The van der Waals surface area contributed by atoms with E-state index in [1.807, 2.05) is 0 Å². The number of nitrogens with zero attached hydrogens (tertiary/aromatic N) is 4. The van der Waals surface area contributed by atoms with Crippen LogP contribution in [0.4, 0.5) is 11.5 Å². The van der Waals surface area contributed by atoms with E-state index in [0.29, 0.717) is 23.2 Å². The number of nitrogens with one attached hydrogen (secondary N) is 1. The second-order valence-electron chi connectivity index (χ2n) is 10.9. The van der Waals surface area contributed by atoms with Gasteiger partial charge in [0.1, 0.15) is 22.7 Å². The number of nitrogen functional groups attached to an aromatic ring is 1. The molecule has 0 bridgehead atoms. The number of nitrogens with two attached hydrogens (primary N) is 1. The summed E-state index contributed by atoms with van der Waals surface area (Å²) in [6.45, 7) is 18.4. The molecule has 1 unspecified atom stereocenters. The second-order valence-corrected chi connectivity index (χ2v) is 10.9. The van der Waals surface area contributed by atoms with Crippen molar-refractivity contribution in [2.45, 2.75) is 73.3 Å². The molecule has 33 heavy (non-hydrogen) atoms. The molecule has 1 fully saturated rings. The summed E-state index contributed by atoms with van der Waals surface area (Å²) in [5, 5.41) is 1.07. The number of benzene rings is 1. The van der Waals surface area contributed by atoms with E-state index < -0.39 is 0 Å². The molecule has 2 aromatic heterocycles. The number of aryl methyl sites for hydroxylation is 1. The fraction of sp³-hybridized carbons (Fsp3) is 0.630. The van der Waals surface area contributed by atoms with E-state index in [2.05, 4.69) is 74.5 Å². The Bertz CT molecular complexity index is 1090. The zero-order chi connectivity index (χ0) is 23.8. The number of H-pyrrole nitrogens is 1. The lowest BCUT2D eigenvalue weighted by Crippen LogP contribution is -2.50. The summed E-state index contributed by atoms with van der Waals surface area (Å²) >= 11 is 0. The van der Waals surface area contributed by atoms with Gasteiger partial charge in [-0.3, -0.25) is 4.90 Å². The molecular weight excluding hydrogens is 408 g/mol. The molecule has 180 valence electrons. The molecular formula is C27H42N6. The van der Waals surface area contributed by atoms with Gasteiger partial charge < -0.3 is 15.6 Å². The van der Waals surface area contributed by atoms with Crippen LogP contribution in [-0.2, 0) is 6.42 Å². The van der Waals surface area contributed by atoms with Crippen LogP contribution in [0, 0.1) is 11.3 Å². The monoisotopic (exact) mass is 450 g/mol. The van der Waals surface area contributed by atoms with Crippen LogP contribution in [0.25, 0.3) is 21.9 Å². The van der Waals surface area contributed by atoms with E-state index in [4.69, 9.17) is 15.7 Å². The normalized spacial score (nSPS) is 16.9. The fourth-order valence-electron chi connectivity index (χ4n) is 5.01. The van der Waals surface area contributed by atoms with E-state index in [1.165, 1.54) is 12.1 Å². The summed E-state index contributed by atoms with van der Waals surface area (Å²) in [4.78, 5) is 18.1. The van der Waals surface area contributed by atoms with Crippen molar-refractivity contribution in [2.24, 2.45) is 11.3 Å². The van der Waals surface area contributed by atoms with E-state index >= 15 is 0 Å². The van der Waals surface area contributed by atoms with Gasteiger partial charge in [-0.05, 0) is 49.3 Å². The SMILES string of the molecule is CCCCc1nc2c([nH]1)c(N)nc1cc(N3CCN(C(C)CC(C)(C)C(C)C)CC3)ccc12. The number of aromatic amines is 1. The minimum atomic E-state index is 0.370. The van der Waals surface area contributed by atoms with Crippen LogP contribution in [0.1, 0.15) is 66.6 Å². The topological polar surface area (TPSA) is 74.1 Å². The van der Waals surface area contributed by atoms with Gasteiger partial charge in [0.25, 0.3) is 0 Å². The number of fused-ring (bicyclic) bond motifs is 3. The molecule has 1 aliphatic heterocycles. The minimum absolute atomic E-state index is 0.370. The molecule has 1 saturated heterocycles. The molecule has 4 rings (SSSR count). The van der Waals surface area contributed by atoms with Crippen molar-refractivity contribution in [3.8, 4) is 0 Å². The maximum Gasteiger partial charge on any atom is 0.150 e. The molecule has 1 aliphatic rings. The summed E-state index contributed by atoms with van der Waals surface area (Å²) in [5.74, 6) is 2.24. The Morgan fingerprint density at radius 1 is 1.09 bits per heavy atom. The van der Waals surface area contributed by atoms with Crippen LogP contribution >= 0.6 is 0 Å². The molecule has 3 heterocycles. The number of anilines is 2. The Balaban J connectivity index is 1.49. The van der Waals surface area contributed by atoms with Crippen molar-refractivity contribution in [1.29, 1.82) is 0 Å². The zero-order valence-corrected chi connectivity index (χ0v) is 21.4. The van der Waals surface area contributed by atoms with Gasteiger partial charge in [0, 0.05) is 49.7 Å². The minimum Gasteiger partial charge on any atom is -0.382 e. The van der Waals surface area contributed by atoms with Crippen molar-refractivity contribution in [1.82, 2.24) is 19.9 Å². The number of hydrogen-bond donors (Lipinski definition) is 2. The molecule has 6 heteroatoms. The Morgan fingerprint density at radius 2 is 1.82 bits per heavy atom. The molecule has 0 saturated carbocycles. The van der Waals surface area contributed by atoms with E-state index in [9.17, 15) is 0 Å². The summed E-state index contributed by atoms with van der Waals surface area (Å²) in [5.41, 5.74) is 10.7. The number of rotatable bonds is 8. The Morgan fingerprint density at radius 3 is 2.48 bits per heavy atom. The third-order valence-corrected chi connectivity index (χ3v) is 7.94. The third-order valence-electron chi connectivity index (χ3n) is 7.94. The first kappa shape index (κ1) is 23.8. The van der Waals surface area contributed by atoms with Gasteiger partial charge in [0.15, 0.2) is 0 Å².